The molecule has 0 saturated heterocycles. The number of hydrogen-bond acceptors (Lipinski definition) is 3. The molecule has 0 aliphatic rings. The van der Waals surface area contributed by atoms with Gasteiger partial charge in [-0.2, -0.15) is 0 Å². The van der Waals surface area contributed by atoms with E-state index >= 15 is 0 Å². The summed E-state index contributed by atoms with van der Waals surface area (Å²) in [5, 5.41) is 9.05. The van der Waals surface area contributed by atoms with E-state index in [2.05, 4.69) is 32.0 Å². The lowest BCUT2D eigenvalue weighted by molar-refractivity contribution is -0.142. The van der Waals surface area contributed by atoms with Crippen LogP contribution in [0.4, 0.5) is 0 Å². The molecule has 0 aromatic heterocycles. The van der Waals surface area contributed by atoms with Crippen molar-refractivity contribution in [2.75, 3.05) is 13.2 Å². The number of nitrogens with two attached hydrogens (primary N) is 1. The van der Waals surface area contributed by atoms with Gasteiger partial charge in [0.15, 0.2) is 0 Å². The van der Waals surface area contributed by atoms with E-state index in [9.17, 15) is 4.79 Å². The van der Waals surface area contributed by atoms with E-state index in [1.165, 1.54) is 5.56 Å². The third-order valence-corrected chi connectivity index (χ3v) is 3.74. The zero-order valence-corrected chi connectivity index (χ0v) is 14.5. The van der Waals surface area contributed by atoms with Crippen molar-refractivity contribution in [3.63, 3.8) is 0 Å². The average molecular weight is 330 g/mol. The van der Waals surface area contributed by atoms with Crippen molar-refractivity contribution in [3.8, 4) is 5.75 Å². The molecule has 1 rings (SSSR count). The Kier molecular flexibility index (Phi) is 9.86. The Morgan fingerprint density at radius 3 is 2.55 bits per heavy atom. The SMILES string of the molecule is CCC(CCOc1cc(C(C)C)ccc1CCN)C(=O)O.Cl. The minimum absolute atomic E-state index is 0. The summed E-state index contributed by atoms with van der Waals surface area (Å²) >= 11 is 0. The molecule has 4 nitrogen and oxygen atoms in total. The molecule has 0 spiro atoms. The third kappa shape index (κ3) is 6.24. The summed E-state index contributed by atoms with van der Waals surface area (Å²) in [6, 6.07) is 6.22. The van der Waals surface area contributed by atoms with Crippen LogP contribution in [0.5, 0.6) is 5.75 Å². The standard InChI is InChI=1S/C17H27NO3.ClH/c1-4-13(17(19)20)8-10-21-16-11-15(12(2)3)6-5-14(16)7-9-18;/h5-6,11-13H,4,7-10,18H2,1-3H3,(H,19,20);1H. The number of aliphatic carboxylic acids is 1. The summed E-state index contributed by atoms with van der Waals surface area (Å²) in [7, 11) is 0. The van der Waals surface area contributed by atoms with Crippen LogP contribution in [0.25, 0.3) is 0 Å². The minimum atomic E-state index is -0.751. The van der Waals surface area contributed by atoms with Crippen LogP contribution >= 0.6 is 12.4 Å². The van der Waals surface area contributed by atoms with Crippen molar-refractivity contribution in [1.82, 2.24) is 0 Å². The molecular weight excluding hydrogens is 302 g/mol. The van der Waals surface area contributed by atoms with Crippen molar-refractivity contribution in [1.29, 1.82) is 0 Å². The predicted octanol–water partition coefficient (Wildman–Crippen LogP) is 3.61. The number of carboxylic acid groups (broad SMARTS) is 1. The zero-order chi connectivity index (χ0) is 15.8. The lowest BCUT2D eigenvalue weighted by Gasteiger charge is -2.16. The van der Waals surface area contributed by atoms with E-state index < -0.39 is 5.97 Å². The summed E-state index contributed by atoms with van der Waals surface area (Å²) in [6.45, 7) is 7.16. The van der Waals surface area contributed by atoms with Crippen molar-refractivity contribution in [3.05, 3.63) is 29.3 Å². The molecule has 0 saturated carbocycles. The molecule has 0 fully saturated rings. The topological polar surface area (TPSA) is 72.5 Å². The Bertz CT molecular complexity index is 463. The van der Waals surface area contributed by atoms with E-state index in [1.807, 2.05) is 6.92 Å². The molecule has 0 heterocycles. The van der Waals surface area contributed by atoms with Crippen molar-refractivity contribution in [2.45, 2.75) is 46.0 Å². The van der Waals surface area contributed by atoms with Gasteiger partial charge >= 0.3 is 5.97 Å². The van der Waals surface area contributed by atoms with Gasteiger partial charge in [0.1, 0.15) is 5.75 Å². The summed E-state index contributed by atoms with van der Waals surface area (Å²) < 4.78 is 5.84. The van der Waals surface area contributed by atoms with Gasteiger partial charge in [0.05, 0.1) is 12.5 Å². The van der Waals surface area contributed by atoms with Gasteiger partial charge in [-0.25, -0.2) is 0 Å². The van der Waals surface area contributed by atoms with E-state index in [-0.39, 0.29) is 18.3 Å². The number of carbonyl (C=O) groups is 1. The molecule has 126 valence electrons. The monoisotopic (exact) mass is 329 g/mol. The first-order valence-corrected chi connectivity index (χ1v) is 7.68. The molecule has 5 heteroatoms. The Hall–Kier alpha value is -1.26. The van der Waals surface area contributed by atoms with Gasteiger partial charge in [0, 0.05) is 0 Å². The van der Waals surface area contributed by atoms with Crippen LogP contribution in [0.15, 0.2) is 18.2 Å². The highest BCUT2D eigenvalue weighted by Crippen LogP contribution is 2.26. The number of hydrogen-bond donors (Lipinski definition) is 2. The molecule has 0 bridgehead atoms. The molecule has 0 radical (unpaired) electrons. The van der Waals surface area contributed by atoms with E-state index in [1.54, 1.807) is 0 Å². The average Bonchev–Trinajstić information content (AvgIpc) is 2.44. The van der Waals surface area contributed by atoms with Gasteiger partial charge in [-0.3, -0.25) is 4.79 Å². The van der Waals surface area contributed by atoms with Gasteiger partial charge < -0.3 is 15.6 Å². The van der Waals surface area contributed by atoms with Crippen LogP contribution in [-0.4, -0.2) is 24.2 Å². The highest BCUT2D eigenvalue weighted by molar-refractivity contribution is 5.85. The lowest BCUT2D eigenvalue weighted by atomic mass is 9.99. The fraction of sp³-hybridized carbons (Fsp3) is 0.588. The fourth-order valence-corrected chi connectivity index (χ4v) is 2.24. The Labute approximate surface area is 139 Å². The number of rotatable bonds is 9. The molecule has 22 heavy (non-hydrogen) atoms. The second kappa shape index (κ2) is 10.5. The van der Waals surface area contributed by atoms with E-state index in [4.69, 9.17) is 15.6 Å². The summed E-state index contributed by atoms with van der Waals surface area (Å²) in [4.78, 5) is 11.0. The smallest absolute Gasteiger partial charge is 0.306 e. The van der Waals surface area contributed by atoms with Gasteiger partial charge in [-0.15, -0.1) is 12.4 Å². The van der Waals surface area contributed by atoms with Crippen LogP contribution in [0, 0.1) is 5.92 Å². The van der Waals surface area contributed by atoms with Gasteiger partial charge in [-0.05, 0) is 48.9 Å². The normalized spacial score (nSPS) is 11.9. The molecule has 1 atom stereocenters. The second-order valence-corrected chi connectivity index (χ2v) is 5.64. The van der Waals surface area contributed by atoms with Crippen LogP contribution < -0.4 is 10.5 Å². The van der Waals surface area contributed by atoms with Gasteiger partial charge in [-0.1, -0.05) is 32.9 Å². The number of carboxylic acids is 1. The number of ether oxygens (including phenoxy) is 1. The van der Waals surface area contributed by atoms with E-state index in [0.29, 0.717) is 31.9 Å². The first kappa shape index (κ1) is 20.7. The minimum Gasteiger partial charge on any atom is -0.493 e. The van der Waals surface area contributed by atoms with Crippen molar-refractivity contribution in [2.24, 2.45) is 11.7 Å². The first-order valence-electron chi connectivity index (χ1n) is 7.68. The molecule has 3 N–H and O–H groups in total. The highest BCUT2D eigenvalue weighted by Gasteiger charge is 2.15. The second-order valence-electron chi connectivity index (χ2n) is 5.64. The Morgan fingerprint density at radius 2 is 2.05 bits per heavy atom. The molecule has 1 aromatic rings. The Morgan fingerprint density at radius 1 is 1.36 bits per heavy atom. The maximum Gasteiger partial charge on any atom is 0.306 e. The Balaban J connectivity index is 0.00000441. The van der Waals surface area contributed by atoms with Gasteiger partial charge in [0.25, 0.3) is 0 Å². The lowest BCUT2D eigenvalue weighted by Crippen LogP contribution is -2.16. The van der Waals surface area contributed by atoms with Crippen LogP contribution in [0.1, 0.15) is 50.7 Å². The van der Waals surface area contributed by atoms with Crippen LogP contribution in [-0.2, 0) is 11.2 Å². The number of benzene rings is 1. The van der Waals surface area contributed by atoms with Crippen LogP contribution in [0.3, 0.4) is 0 Å². The highest BCUT2D eigenvalue weighted by atomic mass is 35.5. The molecule has 0 amide bonds. The van der Waals surface area contributed by atoms with Gasteiger partial charge in [0.2, 0.25) is 0 Å². The quantitative estimate of drug-likeness (QED) is 0.726. The van der Waals surface area contributed by atoms with Crippen molar-refractivity contribution < 1.29 is 14.6 Å². The van der Waals surface area contributed by atoms with E-state index in [0.717, 1.165) is 17.7 Å². The largest absolute Gasteiger partial charge is 0.493 e. The number of halogens is 1. The van der Waals surface area contributed by atoms with Crippen molar-refractivity contribution >= 4 is 18.4 Å². The molecule has 1 unspecified atom stereocenters. The maximum absolute atomic E-state index is 11.0. The predicted molar refractivity (Wildman–Crippen MR) is 92.1 cm³/mol. The zero-order valence-electron chi connectivity index (χ0n) is 13.7. The molecular formula is C17H28ClNO3. The third-order valence-electron chi connectivity index (χ3n) is 3.74. The molecule has 0 aliphatic heterocycles. The summed E-state index contributed by atoms with van der Waals surface area (Å²) in [6.07, 6.45) is 1.92. The fourth-order valence-electron chi connectivity index (χ4n) is 2.24. The molecule has 0 aliphatic carbocycles. The summed E-state index contributed by atoms with van der Waals surface area (Å²) in [5.74, 6) is 0.184. The van der Waals surface area contributed by atoms with Crippen LogP contribution in [0.2, 0.25) is 0 Å². The maximum atomic E-state index is 11.0. The summed E-state index contributed by atoms with van der Waals surface area (Å²) in [5.41, 5.74) is 7.94. The molecule has 1 aromatic carbocycles. The first-order chi connectivity index (χ1) is 9.99.